The number of benzene rings is 1. The van der Waals surface area contributed by atoms with Crippen molar-refractivity contribution in [2.24, 2.45) is 0 Å². The Labute approximate surface area is 103 Å². The molecule has 0 atom stereocenters. The lowest BCUT2D eigenvalue weighted by Gasteiger charge is -2.01. The van der Waals surface area contributed by atoms with Gasteiger partial charge in [-0.25, -0.2) is 9.18 Å². The third-order valence-electron chi connectivity index (χ3n) is 1.88. The summed E-state index contributed by atoms with van der Waals surface area (Å²) in [6.07, 6.45) is 1.26. The van der Waals surface area contributed by atoms with Crippen LogP contribution < -0.4 is 0 Å². The molecular weight excluding hydrogens is 245 g/mol. The Balaban J connectivity index is 3.07. The molecular formula is C12H9ClFNO2. The molecule has 0 N–H and O–H groups in total. The maximum absolute atomic E-state index is 12.8. The lowest BCUT2D eigenvalue weighted by atomic mass is 10.1. The van der Waals surface area contributed by atoms with Gasteiger partial charge in [-0.15, -0.1) is 0 Å². The molecule has 0 spiro atoms. The summed E-state index contributed by atoms with van der Waals surface area (Å²) in [5.74, 6) is -1.21. The van der Waals surface area contributed by atoms with Gasteiger partial charge < -0.3 is 4.74 Å². The third-order valence-corrected chi connectivity index (χ3v) is 2.21. The van der Waals surface area contributed by atoms with Crippen molar-refractivity contribution in [1.29, 1.82) is 5.26 Å². The van der Waals surface area contributed by atoms with E-state index in [9.17, 15) is 9.18 Å². The summed E-state index contributed by atoms with van der Waals surface area (Å²) < 4.78 is 17.5. The molecule has 17 heavy (non-hydrogen) atoms. The molecule has 0 saturated heterocycles. The molecule has 0 fully saturated rings. The molecule has 0 bridgehead atoms. The first-order chi connectivity index (χ1) is 8.08. The van der Waals surface area contributed by atoms with Crippen LogP contribution in [0.25, 0.3) is 6.08 Å². The van der Waals surface area contributed by atoms with Crippen molar-refractivity contribution in [2.45, 2.75) is 6.92 Å². The van der Waals surface area contributed by atoms with Crippen molar-refractivity contribution >= 4 is 23.6 Å². The van der Waals surface area contributed by atoms with Crippen LogP contribution in [0.2, 0.25) is 5.02 Å². The molecule has 0 aliphatic rings. The first-order valence-electron chi connectivity index (χ1n) is 4.82. The standard InChI is InChI=1S/C12H9ClFNO2/c1-2-17-12(16)9(7-15)5-8-3-4-10(14)6-11(8)13/h3-6H,2H2,1H3/b9-5+. The number of esters is 1. The van der Waals surface area contributed by atoms with E-state index in [0.717, 1.165) is 6.07 Å². The van der Waals surface area contributed by atoms with Gasteiger partial charge in [-0.1, -0.05) is 17.7 Å². The van der Waals surface area contributed by atoms with Crippen molar-refractivity contribution in [3.8, 4) is 6.07 Å². The van der Waals surface area contributed by atoms with Crippen LogP contribution in [0, 0.1) is 17.1 Å². The summed E-state index contributed by atoms with van der Waals surface area (Å²) in [5, 5.41) is 8.92. The monoisotopic (exact) mass is 253 g/mol. The fourth-order valence-electron chi connectivity index (χ4n) is 1.12. The Morgan fingerprint density at radius 3 is 2.88 bits per heavy atom. The maximum Gasteiger partial charge on any atom is 0.348 e. The van der Waals surface area contributed by atoms with Gasteiger partial charge in [0.05, 0.1) is 11.6 Å². The van der Waals surface area contributed by atoms with Gasteiger partial charge >= 0.3 is 5.97 Å². The topological polar surface area (TPSA) is 50.1 Å². The highest BCUT2D eigenvalue weighted by Crippen LogP contribution is 2.20. The predicted octanol–water partition coefficient (Wildman–Crippen LogP) is 2.95. The second-order valence-electron chi connectivity index (χ2n) is 3.06. The minimum atomic E-state index is -0.726. The van der Waals surface area contributed by atoms with E-state index < -0.39 is 11.8 Å². The maximum atomic E-state index is 12.8. The lowest BCUT2D eigenvalue weighted by molar-refractivity contribution is -0.137. The Bertz CT molecular complexity index is 506. The van der Waals surface area contributed by atoms with Crippen molar-refractivity contribution in [1.82, 2.24) is 0 Å². The van der Waals surface area contributed by atoms with Crippen LogP contribution in [-0.2, 0) is 9.53 Å². The number of carbonyl (C=O) groups is 1. The molecule has 0 heterocycles. The number of halogens is 2. The van der Waals surface area contributed by atoms with Crippen LogP contribution in [0.1, 0.15) is 12.5 Å². The molecule has 0 aliphatic carbocycles. The predicted molar refractivity (Wildman–Crippen MR) is 61.6 cm³/mol. The zero-order valence-corrected chi connectivity index (χ0v) is 9.79. The highest BCUT2D eigenvalue weighted by molar-refractivity contribution is 6.32. The Hall–Kier alpha value is -1.86. The summed E-state index contributed by atoms with van der Waals surface area (Å²) >= 11 is 5.77. The molecule has 0 aliphatic heterocycles. The van der Waals surface area contributed by atoms with E-state index in [0.29, 0.717) is 5.56 Å². The molecule has 1 aromatic carbocycles. The Morgan fingerprint density at radius 1 is 1.65 bits per heavy atom. The van der Waals surface area contributed by atoms with E-state index in [4.69, 9.17) is 16.9 Å². The average Bonchev–Trinajstić information content (AvgIpc) is 2.28. The summed E-state index contributed by atoms with van der Waals surface area (Å²) in [6.45, 7) is 1.81. The van der Waals surface area contributed by atoms with Crippen LogP contribution in [0.3, 0.4) is 0 Å². The number of nitriles is 1. The number of hydrogen-bond donors (Lipinski definition) is 0. The van der Waals surface area contributed by atoms with Gasteiger partial charge in [-0.3, -0.25) is 0 Å². The Kier molecular flexibility index (Phi) is 4.68. The first-order valence-corrected chi connectivity index (χ1v) is 5.20. The molecule has 5 heteroatoms. The van der Waals surface area contributed by atoms with Gasteiger partial charge in [0.1, 0.15) is 17.5 Å². The fraction of sp³-hybridized carbons (Fsp3) is 0.167. The smallest absolute Gasteiger partial charge is 0.348 e. The number of rotatable bonds is 3. The summed E-state index contributed by atoms with van der Waals surface area (Å²) in [7, 11) is 0. The fourth-order valence-corrected chi connectivity index (χ4v) is 1.34. The lowest BCUT2D eigenvalue weighted by Crippen LogP contribution is -2.06. The van der Waals surface area contributed by atoms with Crippen LogP contribution >= 0.6 is 11.6 Å². The van der Waals surface area contributed by atoms with Gasteiger partial charge in [0, 0.05) is 0 Å². The molecule has 0 amide bonds. The molecule has 0 unspecified atom stereocenters. The van der Waals surface area contributed by atoms with Gasteiger partial charge in [0.25, 0.3) is 0 Å². The highest BCUT2D eigenvalue weighted by atomic mass is 35.5. The van der Waals surface area contributed by atoms with Crippen molar-refractivity contribution in [3.05, 3.63) is 40.2 Å². The molecule has 0 radical (unpaired) electrons. The van der Waals surface area contributed by atoms with E-state index in [1.807, 2.05) is 0 Å². The zero-order chi connectivity index (χ0) is 12.8. The molecule has 0 aromatic heterocycles. The van der Waals surface area contributed by atoms with Crippen molar-refractivity contribution < 1.29 is 13.9 Å². The number of hydrogen-bond acceptors (Lipinski definition) is 3. The van der Waals surface area contributed by atoms with Crippen LogP contribution in [-0.4, -0.2) is 12.6 Å². The van der Waals surface area contributed by atoms with Gasteiger partial charge in [-0.05, 0) is 30.7 Å². The minimum Gasteiger partial charge on any atom is -0.462 e. The SMILES string of the molecule is CCOC(=O)/C(C#N)=C/c1ccc(F)cc1Cl. The van der Waals surface area contributed by atoms with E-state index in [1.165, 1.54) is 18.2 Å². The number of carbonyl (C=O) groups excluding carboxylic acids is 1. The average molecular weight is 254 g/mol. The number of ether oxygens (including phenoxy) is 1. The number of nitrogens with zero attached hydrogens (tertiary/aromatic N) is 1. The Morgan fingerprint density at radius 2 is 2.35 bits per heavy atom. The van der Waals surface area contributed by atoms with E-state index in [1.54, 1.807) is 13.0 Å². The largest absolute Gasteiger partial charge is 0.462 e. The molecule has 1 aromatic rings. The highest BCUT2D eigenvalue weighted by Gasteiger charge is 2.10. The first kappa shape index (κ1) is 13.2. The summed E-state index contributed by atoms with van der Waals surface area (Å²) in [5.41, 5.74) is 0.207. The summed E-state index contributed by atoms with van der Waals surface area (Å²) in [6, 6.07) is 5.39. The normalized spacial score (nSPS) is 10.8. The quantitative estimate of drug-likeness (QED) is 0.473. The second kappa shape index (κ2) is 6.02. The van der Waals surface area contributed by atoms with E-state index in [2.05, 4.69) is 4.74 Å². The van der Waals surface area contributed by atoms with Crippen LogP contribution in [0.4, 0.5) is 4.39 Å². The summed E-state index contributed by atoms with van der Waals surface area (Å²) in [4.78, 5) is 11.3. The van der Waals surface area contributed by atoms with Gasteiger partial charge in [-0.2, -0.15) is 5.26 Å². The zero-order valence-electron chi connectivity index (χ0n) is 9.04. The molecule has 88 valence electrons. The molecule has 3 nitrogen and oxygen atoms in total. The van der Waals surface area contributed by atoms with E-state index in [-0.39, 0.29) is 17.2 Å². The second-order valence-corrected chi connectivity index (χ2v) is 3.46. The molecule has 0 saturated carbocycles. The minimum absolute atomic E-state index is 0.127. The van der Waals surface area contributed by atoms with Gasteiger partial charge in [0.2, 0.25) is 0 Å². The van der Waals surface area contributed by atoms with Crippen LogP contribution in [0.15, 0.2) is 23.8 Å². The van der Waals surface area contributed by atoms with Crippen LogP contribution in [0.5, 0.6) is 0 Å². The molecule has 1 rings (SSSR count). The van der Waals surface area contributed by atoms with E-state index >= 15 is 0 Å². The van der Waals surface area contributed by atoms with Crippen molar-refractivity contribution in [3.63, 3.8) is 0 Å². The van der Waals surface area contributed by atoms with Crippen molar-refractivity contribution in [2.75, 3.05) is 6.61 Å². The third kappa shape index (κ3) is 3.58. The van der Waals surface area contributed by atoms with Gasteiger partial charge in [0.15, 0.2) is 0 Å².